The predicted molar refractivity (Wildman–Crippen MR) is 97.5 cm³/mol. The van der Waals surface area contributed by atoms with Crippen molar-refractivity contribution in [2.45, 2.75) is 13.8 Å². The lowest BCUT2D eigenvalue weighted by atomic mass is 10.0. The number of amides is 1. The number of carbonyl (C=O) groups excluding carboxylic acids is 1. The maximum Gasteiger partial charge on any atom is 0.263 e. The van der Waals surface area contributed by atoms with Crippen molar-refractivity contribution in [3.63, 3.8) is 0 Å². The number of hydrogen-bond acceptors (Lipinski definition) is 2. The molecule has 126 valence electrons. The van der Waals surface area contributed by atoms with Crippen molar-refractivity contribution in [2.24, 2.45) is 0 Å². The third-order valence-electron chi connectivity index (χ3n) is 4.20. The molecule has 0 fully saturated rings. The van der Waals surface area contributed by atoms with Crippen molar-refractivity contribution >= 4 is 28.9 Å². The van der Waals surface area contributed by atoms with E-state index >= 15 is 0 Å². The molecule has 0 unspecified atom stereocenters. The van der Waals surface area contributed by atoms with Crippen molar-refractivity contribution < 1.29 is 13.9 Å². The van der Waals surface area contributed by atoms with Gasteiger partial charge in [0.15, 0.2) is 0 Å². The Balaban J connectivity index is 2.10. The molecule has 0 aliphatic carbocycles. The molecule has 2 aromatic carbocycles. The Bertz CT molecular complexity index is 918. The van der Waals surface area contributed by atoms with Crippen LogP contribution in [-0.4, -0.2) is 12.5 Å². The van der Waals surface area contributed by atoms with E-state index < -0.39 is 5.82 Å². The summed E-state index contributed by atoms with van der Waals surface area (Å²) in [5.74, 6) is 1.54. The van der Waals surface area contributed by atoms with Gasteiger partial charge in [-0.05, 0) is 43.2 Å². The number of terminal acetylenes is 1. The third kappa shape index (κ3) is 2.77. The monoisotopic (exact) mass is 355 g/mol. The molecule has 3 nitrogen and oxygen atoms in total. The summed E-state index contributed by atoms with van der Waals surface area (Å²) in [6.45, 7) is 7.82. The Morgan fingerprint density at radius 1 is 1.24 bits per heavy atom. The maximum absolute atomic E-state index is 14.5. The minimum absolute atomic E-state index is 0.0156. The van der Waals surface area contributed by atoms with Gasteiger partial charge in [0.25, 0.3) is 5.91 Å². The SMILES string of the molecule is C#CCOc1cc(N2C(=C)c3cc(C)c(C)cc3C2=O)c(F)cc1Cl. The standard InChI is InChI=1S/C20H15ClFNO2/c1-5-6-25-19-10-18(17(22)9-16(19)21)23-13(4)14-7-11(2)12(3)8-15(14)20(23)24/h1,7-10H,4,6H2,2-3H3. The fraction of sp³-hybridized carbons (Fsp3) is 0.150. The number of nitrogens with zero attached hydrogens (tertiary/aromatic N) is 1. The second-order valence-corrected chi connectivity index (χ2v) is 6.20. The van der Waals surface area contributed by atoms with Gasteiger partial charge in [-0.25, -0.2) is 4.39 Å². The zero-order chi connectivity index (χ0) is 18.3. The number of aryl methyl sites for hydroxylation is 2. The van der Waals surface area contributed by atoms with Crippen LogP contribution in [0.3, 0.4) is 0 Å². The maximum atomic E-state index is 14.5. The first-order valence-corrected chi connectivity index (χ1v) is 7.93. The Hall–Kier alpha value is -2.77. The molecule has 25 heavy (non-hydrogen) atoms. The zero-order valence-electron chi connectivity index (χ0n) is 13.8. The Morgan fingerprint density at radius 3 is 2.52 bits per heavy atom. The van der Waals surface area contributed by atoms with Crippen LogP contribution in [0, 0.1) is 32.0 Å². The Morgan fingerprint density at radius 2 is 1.88 bits per heavy atom. The smallest absolute Gasteiger partial charge is 0.263 e. The molecule has 0 spiro atoms. The highest BCUT2D eigenvalue weighted by Gasteiger charge is 2.34. The molecule has 0 atom stereocenters. The average molecular weight is 356 g/mol. The number of rotatable bonds is 3. The molecule has 0 radical (unpaired) electrons. The van der Waals surface area contributed by atoms with E-state index in [0.29, 0.717) is 16.8 Å². The Labute approximate surface area is 150 Å². The van der Waals surface area contributed by atoms with Crippen LogP contribution in [0.15, 0.2) is 30.8 Å². The van der Waals surface area contributed by atoms with Crippen molar-refractivity contribution in [3.8, 4) is 18.1 Å². The molecule has 1 heterocycles. The zero-order valence-corrected chi connectivity index (χ0v) is 14.6. The van der Waals surface area contributed by atoms with Gasteiger partial charge in [-0.2, -0.15) is 0 Å². The topological polar surface area (TPSA) is 29.5 Å². The molecule has 0 aromatic heterocycles. The van der Waals surface area contributed by atoms with E-state index in [1.807, 2.05) is 19.9 Å². The summed E-state index contributed by atoms with van der Waals surface area (Å²) < 4.78 is 19.8. The van der Waals surface area contributed by atoms with Crippen LogP contribution in [0.1, 0.15) is 27.0 Å². The molecule has 1 amide bonds. The molecule has 1 aliphatic heterocycles. The average Bonchev–Trinajstić information content (AvgIpc) is 2.79. The highest BCUT2D eigenvalue weighted by atomic mass is 35.5. The van der Waals surface area contributed by atoms with Crippen LogP contribution in [0.25, 0.3) is 5.70 Å². The molecule has 2 aromatic rings. The summed E-state index contributed by atoms with van der Waals surface area (Å²) in [4.78, 5) is 14.1. The van der Waals surface area contributed by atoms with Gasteiger partial charge >= 0.3 is 0 Å². The van der Waals surface area contributed by atoms with Crippen LogP contribution in [0.4, 0.5) is 10.1 Å². The van der Waals surface area contributed by atoms with Crippen LogP contribution in [-0.2, 0) is 0 Å². The minimum Gasteiger partial charge on any atom is -0.479 e. The largest absolute Gasteiger partial charge is 0.479 e. The quantitative estimate of drug-likeness (QED) is 0.744. The fourth-order valence-electron chi connectivity index (χ4n) is 2.77. The minimum atomic E-state index is -0.645. The summed E-state index contributed by atoms with van der Waals surface area (Å²) in [5, 5.41) is 0.0814. The molecular formula is C20H15ClFNO2. The highest BCUT2D eigenvalue weighted by molar-refractivity contribution is 6.32. The Kier molecular flexibility index (Phi) is 4.28. The van der Waals surface area contributed by atoms with E-state index in [9.17, 15) is 9.18 Å². The number of ether oxygens (including phenoxy) is 1. The van der Waals surface area contributed by atoms with E-state index in [1.165, 1.54) is 11.0 Å². The molecule has 0 N–H and O–H groups in total. The third-order valence-corrected chi connectivity index (χ3v) is 4.50. The van der Waals surface area contributed by atoms with Gasteiger partial charge < -0.3 is 4.74 Å². The van der Waals surface area contributed by atoms with Gasteiger partial charge in [-0.15, -0.1) is 6.42 Å². The van der Waals surface area contributed by atoms with Crippen molar-refractivity contribution in [1.29, 1.82) is 0 Å². The van der Waals surface area contributed by atoms with Gasteiger partial charge in [0.2, 0.25) is 0 Å². The lowest BCUT2D eigenvalue weighted by Gasteiger charge is -2.19. The van der Waals surface area contributed by atoms with Crippen LogP contribution >= 0.6 is 11.6 Å². The van der Waals surface area contributed by atoms with Crippen LogP contribution in [0.2, 0.25) is 5.02 Å². The van der Waals surface area contributed by atoms with Gasteiger partial charge in [-0.3, -0.25) is 9.69 Å². The molecule has 0 saturated heterocycles. The molecule has 0 bridgehead atoms. The first-order chi connectivity index (χ1) is 11.8. The molecule has 1 aliphatic rings. The molecule has 5 heteroatoms. The first kappa shape index (κ1) is 17.1. The van der Waals surface area contributed by atoms with E-state index in [1.54, 1.807) is 6.07 Å². The van der Waals surface area contributed by atoms with Crippen molar-refractivity contribution in [1.82, 2.24) is 0 Å². The van der Waals surface area contributed by atoms with Crippen LogP contribution in [0.5, 0.6) is 5.75 Å². The number of benzene rings is 2. The summed E-state index contributed by atoms with van der Waals surface area (Å²) in [6, 6.07) is 6.14. The van der Waals surface area contributed by atoms with Crippen LogP contribution < -0.4 is 9.64 Å². The first-order valence-electron chi connectivity index (χ1n) is 7.55. The second kappa shape index (κ2) is 6.27. The lowest BCUT2D eigenvalue weighted by molar-refractivity contribution is 0.100. The number of anilines is 1. The van der Waals surface area contributed by atoms with E-state index in [-0.39, 0.29) is 29.0 Å². The molecule has 0 saturated carbocycles. The van der Waals surface area contributed by atoms with Gasteiger partial charge in [0.05, 0.1) is 16.4 Å². The normalized spacial score (nSPS) is 13.0. The van der Waals surface area contributed by atoms with Crippen molar-refractivity contribution in [3.05, 3.63) is 63.9 Å². The molecular weight excluding hydrogens is 341 g/mol. The second-order valence-electron chi connectivity index (χ2n) is 5.80. The fourth-order valence-corrected chi connectivity index (χ4v) is 2.97. The highest BCUT2D eigenvalue weighted by Crippen LogP contribution is 2.41. The summed E-state index contributed by atoms with van der Waals surface area (Å²) in [6.07, 6.45) is 5.18. The van der Waals surface area contributed by atoms with Gasteiger partial charge in [0, 0.05) is 17.2 Å². The van der Waals surface area contributed by atoms with E-state index in [0.717, 1.165) is 17.2 Å². The van der Waals surface area contributed by atoms with Gasteiger partial charge in [-0.1, -0.05) is 24.1 Å². The summed E-state index contributed by atoms with van der Waals surface area (Å²) in [5.41, 5.74) is 3.63. The van der Waals surface area contributed by atoms with E-state index in [2.05, 4.69) is 12.5 Å². The lowest BCUT2D eigenvalue weighted by Crippen LogP contribution is -2.23. The number of carbonyl (C=O) groups is 1. The molecule has 3 rings (SSSR count). The van der Waals surface area contributed by atoms with Crippen molar-refractivity contribution in [2.75, 3.05) is 11.5 Å². The number of fused-ring (bicyclic) bond motifs is 1. The predicted octanol–water partition coefficient (Wildman–Crippen LogP) is 4.74. The van der Waals surface area contributed by atoms with Gasteiger partial charge in [0.1, 0.15) is 18.2 Å². The van der Waals surface area contributed by atoms with E-state index in [4.69, 9.17) is 22.8 Å². The number of halogens is 2. The summed E-state index contributed by atoms with van der Waals surface area (Å²) in [7, 11) is 0. The summed E-state index contributed by atoms with van der Waals surface area (Å²) >= 11 is 5.99. The number of hydrogen-bond donors (Lipinski definition) is 0.